The van der Waals surface area contributed by atoms with E-state index in [9.17, 15) is 0 Å². The van der Waals surface area contributed by atoms with Crippen molar-refractivity contribution in [2.24, 2.45) is 0 Å². The fraction of sp³-hybridized carbons (Fsp3) is 0. The molecule has 0 heterocycles. The molecule has 0 aliphatic rings. The standard InChI is InChI=1S/Cl3Ge/c1-4(2)3. The quantitative estimate of drug-likeness (QED) is 0.496. The van der Waals surface area contributed by atoms with Crippen LogP contribution in [-0.2, 0) is 0 Å². The van der Waals surface area contributed by atoms with Crippen LogP contribution in [0, 0.1) is 0 Å². The molecule has 0 saturated carbocycles. The summed E-state index contributed by atoms with van der Waals surface area (Å²) in [5.74, 6) is 0. The molecule has 0 fully saturated rings. The summed E-state index contributed by atoms with van der Waals surface area (Å²) in [5.41, 5.74) is 0. The Morgan fingerprint density at radius 3 is 1.00 bits per heavy atom. The van der Waals surface area contributed by atoms with E-state index in [-0.39, 0.29) is 0 Å². The van der Waals surface area contributed by atoms with E-state index in [0.29, 0.717) is 0 Å². The molecule has 4 heteroatoms. The van der Waals surface area contributed by atoms with Gasteiger partial charge in [-0.15, -0.1) is 0 Å². The van der Waals surface area contributed by atoms with Gasteiger partial charge in [0.15, 0.2) is 0 Å². The molecule has 25 valence electrons. The van der Waals surface area contributed by atoms with Crippen LogP contribution in [0.1, 0.15) is 0 Å². The number of hydrogen-bond donors (Lipinski definition) is 0. The van der Waals surface area contributed by atoms with Gasteiger partial charge in [-0.2, -0.15) is 0 Å². The molecule has 0 amide bonds. The zero-order valence-electron chi connectivity index (χ0n) is 1.63. The Kier molecular flexibility index (Phi) is 3.57. The topological polar surface area (TPSA) is 0 Å². The second-order valence-electron chi connectivity index (χ2n) is 0.214. The van der Waals surface area contributed by atoms with E-state index < -0.39 is 11.6 Å². The maximum absolute atomic E-state index is 4.97. The van der Waals surface area contributed by atoms with Gasteiger partial charge in [0.1, 0.15) is 0 Å². The molecule has 1 radical (unpaired) electrons. The van der Waals surface area contributed by atoms with E-state index in [1.807, 2.05) is 0 Å². The van der Waals surface area contributed by atoms with Gasteiger partial charge in [0.25, 0.3) is 0 Å². The third-order valence-electron chi connectivity index (χ3n) is 0. The van der Waals surface area contributed by atoms with Crippen molar-refractivity contribution < 1.29 is 0 Å². The minimum absolute atomic E-state index is 1.92. The molecule has 0 aromatic rings. The van der Waals surface area contributed by atoms with Gasteiger partial charge in [0, 0.05) is 0 Å². The van der Waals surface area contributed by atoms with Crippen LogP contribution in [0.3, 0.4) is 0 Å². The van der Waals surface area contributed by atoms with Crippen LogP contribution in [0.15, 0.2) is 0 Å². The van der Waals surface area contributed by atoms with Crippen molar-refractivity contribution in [3.05, 3.63) is 0 Å². The molecule has 0 aromatic carbocycles. The summed E-state index contributed by atoms with van der Waals surface area (Å²) in [5, 5.41) is 0. The van der Waals surface area contributed by atoms with E-state index >= 15 is 0 Å². The van der Waals surface area contributed by atoms with E-state index in [4.69, 9.17) is 30.0 Å². The van der Waals surface area contributed by atoms with Crippen molar-refractivity contribution in [2.75, 3.05) is 0 Å². The van der Waals surface area contributed by atoms with Gasteiger partial charge in [-0.05, 0) is 0 Å². The second-order valence-corrected chi connectivity index (χ2v) is 10.0. The third-order valence-corrected chi connectivity index (χ3v) is 0. The van der Waals surface area contributed by atoms with E-state index in [0.717, 1.165) is 0 Å². The fourth-order valence-corrected chi connectivity index (χ4v) is 0. The molecule has 4 heavy (non-hydrogen) atoms. The van der Waals surface area contributed by atoms with Crippen LogP contribution in [-0.4, -0.2) is 11.6 Å². The monoisotopic (exact) mass is 179 g/mol. The molecule has 0 aliphatic heterocycles. The Bertz CT molecular complexity index is 8.00. The van der Waals surface area contributed by atoms with Crippen molar-refractivity contribution in [1.29, 1.82) is 0 Å². The van der Waals surface area contributed by atoms with Gasteiger partial charge >= 0.3 is 41.6 Å². The molecule has 0 bridgehead atoms. The Morgan fingerprint density at radius 2 is 1.00 bits per heavy atom. The molecule has 0 N–H and O–H groups in total. The van der Waals surface area contributed by atoms with Crippen molar-refractivity contribution in [3.63, 3.8) is 0 Å². The summed E-state index contributed by atoms with van der Waals surface area (Å²) in [7, 11) is 14.9. The van der Waals surface area contributed by atoms with Crippen LogP contribution < -0.4 is 0 Å². The third kappa shape index (κ3) is 9.95. The summed E-state index contributed by atoms with van der Waals surface area (Å²) < 4.78 is 0. The number of halogens is 3. The molecule has 0 aliphatic carbocycles. The van der Waals surface area contributed by atoms with E-state index in [2.05, 4.69) is 0 Å². The molecule has 0 unspecified atom stereocenters. The first-order valence-electron chi connectivity index (χ1n) is 0.567. The Labute approximate surface area is 41.7 Å². The summed E-state index contributed by atoms with van der Waals surface area (Å²) in [6.07, 6.45) is 0. The van der Waals surface area contributed by atoms with Crippen LogP contribution in [0.4, 0.5) is 0 Å². The SMILES string of the molecule is [Cl][Ge]([Cl])[Cl]. The van der Waals surface area contributed by atoms with Gasteiger partial charge in [0.2, 0.25) is 0 Å². The van der Waals surface area contributed by atoms with Crippen LogP contribution in [0.25, 0.3) is 0 Å². The average molecular weight is 179 g/mol. The van der Waals surface area contributed by atoms with E-state index in [1.54, 1.807) is 0 Å². The molecule has 0 nitrogen and oxygen atoms in total. The Morgan fingerprint density at radius 1 is 1.00 bits per heavy atom. The summed E-state index contributed by atoms with van der Waals surface area (Å²) in [6, 6.07) is 0. The summed E-state index contributed by atoms with van der Waals surface area (Å²) in [4.78, 5) is 0. The van der Waals surface area contributed by atoms with Crippen LogP contribution >= 0.6 is 30.0 Å². The second kappa shape index (κ2) is 2.64. The predicted octanol–water partition coefficient (Wildman–Crippen LogP) is 1.69. The molecule has 0 atom stereocenters. The molecular formula is Cl3Ge. The first-order valence-corrected chi connectivity index (χ1v) is 8.84. The first-order chi connectivity index (χ1) is 1.73. The van der Waals surface area contributed by atoms with Crippen molar-refractivity contribution in [3.8, 4) is 0 Å². The van der Waals surface area contributed by atoms with Crippen molar-refractivity contribution in [2.45, 2.75) is 0 Å². The number of hydrogen-bond acceptors (Lipinski definition) is 0. The van der Waals surface area contributed by atoms with Crippen LogP contribution in [0.5, 0.6) is 0 Å². The summed E-state index contributed by atoms with van der Waals surface area (Å²) >= 11 is -1.92. The molecule has 0 saturated heterocycles. The van der Waals surface area contributed by atoms with Crippen molar-refractivity contribution in [1.82, 2.24) is 0 Å². The van der Waals surface area contributed by atoms with Crippen LogP contribution in [0.2, 0.25) is 0 Å². The average Bonchev–Trinajstić information content (AvgIpc) is 0.811. The normalized spacial score (nSPS) is 9.00. The zero-order chi connectivity index (χ0) is 3.58. The summed E-state index contributed by atoms with van der Waals surface area (Å²) in [6.45, 7) is 0. The van der Waals surface area contributed by atoms with Gasteiger partial charge in [-0.1, -0.05) is 0 Å². The fourth-order valence-electron chi connectivity index (χ4n) is 0. The van der Waals surface area contributed by atoms with Gasteiger partial charge < -0.3 is 0 Å². The van der Waals surface area contributed by atoms with E-state index in [1.165, 1.54) is 0 Å². The minimum atomic E-state index is -1.92. The Balaban J connectivity index is 2.32. The molecule has 0 rings (SSSR count). The van der Waals surface area contributed by atoms with Gasteiger partial charge in [-0.25, -0.2) is 0 Å². The van der Waals surface area contributed by atoms with Gasteiger partial charge in [-0.3, -0.25) is 0 Å². The van der Waals surface area contributed by atoms with Crippen molar-refractivity contribution >= 4 is 41.6 Å². The predicted molar refractivity (Wildman–Crippen MR) is 23.3 cm³/mol. The molecule has 0 aromatic heterocycles. The Hall–Kier alpha value is 1.41. The number of rotatable bonds is 0. The molecular weight excluding hydrogens is 179 g/mol. The zero-order valence-corrected chi connectivity index (χ0v) is 6.00. The molecule has 0 spiro atoms. The maximum atomic E-state index is 4.97. The first kappa shape index (κ1) is 5.41. The van der Waals surface area contributed by atoms with Gasteiger partial charge in [0.05, 0.1) is 0 Å².